The van der Waals surface area contributed by atoms with E-state index in [-0.39, 0.29) is 11.2 Å². The molecule has 0 atom stereocenters. The standard InChI is InChI=1S/C12H10BrN3O3/c13-10-11(7-1-2-7)14-15(12(10)17)8-3-5-9(6-4-8)16(18)19/h3-7,14H,1-2H2. The number of hydrogen-bond acceptors (Lipinski definition) is 3. The number of halogens is 1. The highest BCUT2D eigenvalue weighted by Gasteiger charge is 2.29. The molecule has 1 fully saturated rings. The molecule has 0 aliphatic heterocycles. The summed E-state index contributed by atoms with van der Waals surface area (Å²) in [5.41, 5.74) is 1.33. The van der Waals surface area contributed by atoms with E-state index in [1.54, 1.807) is 12.1 Å². The lowest BCUT2D eigenvalue weighted by atomic mass is 10.3. The van der Waals surface area contributed by atoms with Crippen LogP contribution in [-0.2, 0) is 0 Å². The molecular formula is C12H10BrN3O3. The Morgan fingerprint density at radius 2 is 1.95 bits per heavy atom. The van der Waals surface area contributed by atoms with Crippen LogP contribution in [0.1, 0.15) is 24.5 Å². The summed E-state index contributed by atoms with van der Waals surface area (Å²) in [6, 6.07) is 5.87. The molecular weight excluding hydrogens is 314 g/mol. The largest absolute Gasteiger partial charge is 0.294 e. The average Bonchev–Trinajstić information content (AvgIpc) is 3.19. The fraction of sp³-hybridized carbons (Fsp3) is 0.250. The van der Waals surface area contributed by atoms with E-state index in [2.05, 4.69) is 21.0 Å². The maximum atomic E-state index is 12.1. The molecule has 19 heavy (non-hydrogen) atoms. The molecule has 0 amide bonds. The lowest BCUT2D eigenvalue weighted by Crippen LogP contribution is -2.14. The van der Waals surface area contributed by atoms with Crippen molar-refractivity contribution < 1.29 is 4.92 Å². The highest BCUT2D eigenvalue weighted by atomic mass is 79.9. The molecule has 6 nitrogen and oxygen atoms in total. The van der Waals surface area contributed by atoms with Gasteiger partial charge in [0, 0.05) is 18.1 Å². The van der Waals surface area contributed by atoms with E-state index in [1.165, 1.54) is 16.8 Å². The van der Waals surface area contributed by atoms with Gasteiger partial charge in [0.05, 0.1) is 16.3 Å². The van der Waals surface area contributed by atoms with E-state index < -0.39 is 4.92 Å². The van der Waals surface area contributed by atoms with Crippen molar-refractivity contribution in [3.8, 4) is 5.69 Å². The van der Waals surface area contributed by atoms with Gasteiger partial charge in [0.2, 0.25) is 0 Å². The van der Waals surface area contributed by atoms with Gasteiger partial charge in [-0.1, -0.05) is 0 Å². The molecule has 0 spiro atoms. The van der Waals surface area contributed by atoms with Crippen molar-refractivity contribution in [3.05, 3.63) is 54.9 Å². The normalized spacial score (nSPS) is 14.6. The van der Waals surface area contributed by atoms with Gasteiger partial charge in [-0.2, -0.15) is 0 Å². The minimum atomic E-state index is -0.465. The molecule has 1 heterocycles. The zero-order valence-electron chi connectivity index (χ0n) is 9.80. The van der Waals surface area contributed by atoms with Gasteiger partial charge in [-0.05, 0) is 40.9 Å². The highest BCUT2D eigenvalue weighted by molar-refractivity contribution is 9.10. The van der Waals surface area contributed by atoms with Gasteiger partial charge in [0.15, 0.2) is 0 Å². The number of rotatable bonds is 3. The molecule has 0 unspecified atom stereocenters. The molecule has 1 aromatic carbocycles. The van der Waals surface area contributed by atoms with E-state index in [4.69, 9.17) is 0 Å². The van der Waals surface area contributed by atoms with E-state index in [0.717, 1.165) is 18.5 Å². The number of benzene rings is 1. The summed E-state index contributed by atoms with van der Waals surface area (Å²) in [4.78, 5) is 22.2. The summed E-state index contributed by atoms with van der Waals surface area (Å²) in [6.07, 6.45) is 2.16. The maximum Gasteiger partial charge on any atom is 0.285 e. The minimum Gasteiger partial charge on any atom is -0.294 e. The molecule has 2 aromatic rings. The molecule has 1 N–H and O–H groups in total. The number of hydrogen-bond donors (Lipinski definition) is 1. The molecule has 7 heteroatoms. The van der Waals surface area contributed by atoms with Crippen molar-refractivity contribution in [1.82, 2.24) is 9.78 Å². The first-order valence-corrected chi connectivity index (χ1v) is 6.62. The monoisotopic (exact) mass is 323 g/mol. The zero-order chi connectivity index (χ0) is 13.6. The Balaban J connectivity index is 2.04. The Morgan fingerprint density at radius 3 is 2.47 bits per heavy atom. The van der Waals surface area contributed by atoms with E-state index in [1.807, 2.05) is 0 Å². The Kier molecular flexibility index (Phi) is 2.78. The van der Waals surface area contributed by atoms with E-state index >= 15 is 0 Å². The van der Waals surface area contributed by atoms with Crippen LogP contribution >= 0.6 is 15.9 Å². The van der Waals surface area contributed by atoms with Crippen molar-refractivity contribution >= 4 is 21.6 Å². The first-order chi connectivity index (χ1) is 9.08. The predicted octanol–water partition coefficient (Wildman–Crippen LogP) is 2.71. The molecule has 1 aliphatic rings. The van der Waals surface area contributed by atoms with E-state index in [9.17, 15) is 14.9 Å². The third-order valence-corrected chi connectivity index (χ3v) is 3.93. The Bertz CT molecular complexity index is 698. The SMILES string of the molecule is O=c1c(Br)c(C2CC2)[nH]n1-c1ccc([N+](=O)[O-])cc1. The Morgan fingerprint density at radius 1 is 1.32 bits per heavy atom. The van der Waals surface area contributed by atoms with Crippen LogP contribution in [0.5, 0.6) is 0 Å². The number of aromatic amines is 1. The van der Waals surface area contributed by atoms with Crippen LogP contribution in [0.2, 0.25) is 0 Å². The van der Waals surface area contributed by atoms with Gasteiger partial charge in [-0.25, -0.2) is 4.68 Å². The van der Waals surface area contributed by atoms with Gasteiger partial charge in [-0.15, -0.1) is 0 Å². The topological polar surface area (TPSA) is 80.9 Å². The molecule has 1 aromatic heterocycles. The van der Waals surface area contributed by atoms with Crippen LogP contribution in [-0.4, -0.2) is 14.7 Å². The quantitative estimate of drug-likeness (QED) is 0.696. The summed E-state index contributed by atoms with van der Waals surface area (Å²) in [6.45, 7) is 0. The maximum absolute atomic E-state index is 12.1. The predicted molar refractivity (Wildman–Crippen MR) is 72.7 cm³/mol. The fourth-order valence-electron chi connectivity index (χ4n) is 1.98. The van der Waals surface area contributed by atoms with Gasteiger partial charge < -0.3 is 0 Å². The summed E-state index contributed by atoms with van der Waals surface area (Å²) >= 11 is 3.30. The second-order valence-corrected chi connectivity index (χ2v) is 5.32. The number of nitrogens with one attached hydrogen (secondary N) is 1. The number of nitrogens with zero attached hydrogens (tertiary/aromatic N) is 2. The molecule has 3 rings (SSSR count). The van der Waals surface area contributed by atoms with Crippen LogP contribution in [0.25, 0.3) is 5.69 Å². The van der Waals surface area contributed by atoms with Crippen molar-refractivity contribution in [1.29, 1.82) is 0 Å². The van der Waals surface area contributed by atoms with Crippen molar-refractivity contribution in [2.45, 2.75) is 18.8 Å². The van der Waals surface area contributed by atoms with Gasteiger partial charge in [-0.3, -0.25) is 20.0 Å². The van der Waals surface area contributed by atoms with Crippen LogP contribution in [0, 0.1) is 10.1 Å². The number of nitro benzene ring substituents is 1. The van der Waals surface area contributed by atoms with Crippen LogP contribution in [0.15, 0.2) is 33.5 Å². The molecule has 1 aliphatic carbocycles. The Labute approximate surface area is 116 Å². The van der Waals surface area contributed by atoms with Crippen molar-refractivity contribution in [2.75, 3.05) is 0 Å². The number of nitro groups is 1. The molecule has 0 saturated heterocycles. The molecule has 1 saturated carbocycles. The summed E-state index contributed by atoms with van der Waals surface area (Å²) < 4.78 is 1.95. The van der Waals surface area contributed by atoms with Crippen LogP contribution < -0.4 is 5.56 Å². The fourth-order valence-corrected chi connectivity index (χ4v) is 2.57. The summed E-state index contributed by atoms with van der Waals surface area (Å²) in [5.74, 6) is 0.418. The molecule has 0 radical (unpaired) electrons. The lowest BCUT2D eigenvalue weighted by molar-refractivity contribution is -0.384. The highest BCUT2D eigenvalue weighted by Crippen LogP contribution is 2.41. The smallest absolute Gasteiger partial charge is 0.285 e. The van der Waals surface area contributed by atoms with Crippen molar-refractivity contribution in [3.63, 3.8) is 0 Å². The van der Waals surface area contributed by atoms with E-state index in [0.29, 0.717) is 16.1 Å². The van der Waals surface area contributed by atoms with Crippen LogP contribution in [0.4, 0.5) is 5.69 Å². The summed E-state index contributed by atoms with van der Waals surface area (Å²) in [7, 11) is 0. The second-order valence-electron chi connectivity index (χ2n) is 4.53. The zero-order valence-corrected chi connectivity index (χ0v) is 11.4. The molecule has 98 valence electrons. The van der Waals surface area contributed by atoms with Crippen LogP contribution in [0.3, 0.4) is 0 Å². The number of aromatic nitrogens is 2. The Hall–Kier alpha value is -1.89. The third-order valence-electron chi connectivity index (χ3n) is 3.16. The average molecular weight is 324 g/mol. The van der Waals surface area contributed by atoms with Gasteiger partial charge in [0.1, 0.15) is 4.47 Å². The minimum absolute atomic E-state index is 0.00448. The first-order valence-electron chi connectivity index (χ1n) is 5.83. The number of H-pyrrole nitrogens is 1. The van der Waals surface area contributed by atoms with Gasteiger partial charge in [0.25, 0.3) is 11.2 Å². The van der Waals surface area contributed by atoms with Crippen molar-refractivity contribution in [2.24, 2.45) is 0 Å². The lowest BCUT2D eigenvalue weighted by Gasteiger charge is -2.01. The molecule has 0 bridgehead atoms. The summed E-state index contributed by atoms with van der Waals surface area (Å²) in [5, 5.41) is 13.7. The third kappa shape index (κ3) is 2.10. The first kappa shape index (κ1) is 12.2. The second kappa shape index (κ2) is 4.34. The number of non-ortho nitro benzene ring substituents is 1. The van der Waals surface area contributed by atoms with Gasteiger partial charge >= 0.3 is 0 Å².